The molecule has 1 atom stereocenters. The van der Waals surface area contributed by atoms with Gasteiger partial charge in [-0.15, -0.1) is 0 Å². The first kappa shape index (κ1) is 17.6. The Morgan fingerprint density at radius 2 is 1.90 bits per heavy atom. The van der Waals surface area contributed by atoms with Gasteiger partial charge >= 0.3 is 0 Å². The van der Waals surface area contributed by atoms with Crippen LogP contribution in [-0.4, -0.2) is 62.7 Å². The first-order chi connectivity index (χ1) is 10.1. The molecule has 21 heavy (non-hydrogen) atoms. The van der Waals surface area contributed by atoms with Gasteiger partial charge in [-0.2, -0.15) is 0 Å². The van der Waals surface area contributed by atoms with Gasteiger partial charge in [0.1, 0.15) is 0 Å². The largest absolute Gasteiger partial charge is 0.380 e. The number of carbonyl (C=O) groups is 1. The van der Waals surface area contributed by atoms with Gasteiger partial charge in [-0.25, -0.2) is 0 Å². The van der Waals surface area contributed by atoms with E-state index in [1.165, 1.54) is 0 Å². The zero-order valence-electron chi connectivity index (χ0n) is 13.3. The highest BCUT2D eigenvalue weighted by atomic mass is 16.5. The van der Waals surface area contributed by atoms with Gasteiger partial charge in [0.25, 0.3) is 0 Å². The van der Waals surface area contributed by atoms with Crippen molar-refractivity contribution in [1.29, 1.82) is 0 Å². The smallest absolute Gasteiger partial charge is 0.225 e. The number of rotatable bonds is 9. The van der Waals surface area contributed by atoms with Crippen molar-refractivity contribution < 1.29 is 9.53 Å². The number of carbonyl (C=O) groups excluding carboxylic acids is 1. The normalized spacial score (nSPS) is 12.4. The highest BCUT2D eigenvalue weighted by Gasteiger charge is 2.18. The molecule has 0 fully saturated rings. The van der Waals surface area contributed by atoms with Crippen molar-refractivity contribution in [2.75, 3.05) is 40.8 Å². The highest BCUT2D eigenvalue weighted by Crippen LogP contribution is 2.08. The van der Waals surface area contributed by atoms with Crippen LogP contribution in [0.4, 0.5) is 0 Å². The molecule has 2 N–H and O–H groups in total. The molecular formula is C16H27N3O2. The van der Waals surface area contributed by atoms with Crippen molar-refractivity contribution >= 4 is 5.91 Å². The molecule has 1 unspecified atom stereocenters. The standard InChI is InChI=1S/C16H27N3O2/c1-18(2)9-10-19(13-14-7-5-4-6-8-14)16(20)11-15(12-17)21-3/h4-8,15H,9-13,17H2,1-3H3. The second-order valence-electron chi connectivity index (χ2n) is 5.40. The summed E-state index contributed by atoms with van der Waals surface area (Å²) in [5.74, 6) is 0.0815. The summed E-state index contributed by atoms with van der Waals surface area (Å²) >= 11 is 0. The number of nitrogens with two attached hydrogens (primary N) is 1. The zero-order valence-corrected chi connectivity index (χ0v) is 13.3. The summed E-state index contributed by atoms with van der Waals surface area (Å²) in [6.45, 7) is 2.50. The summed E-state index contributed by atoms with van der Waals surface area (Å²) in [4.78, 5) is 16.4. The summed E-state index contributed by atoms with van der Waals surface area (Å²) < 4.78 is 5.21. The number of hydrogen-bond acceptors (Lipinski definition) is 4. The number of methoxy groups -OCH3 is 1. The molecule has 0 aliphatic carbocycles. The second-order valence-corrected chi connectivity index (χ2v) is 5.40. The fraction of sp³-hybridized carbons (Fsp3) is 0.562. The van der Waals surface area contributed by atoms with Gasteiger partial charge in [0.15, 0.2) is 0 Å². The van der Waals surface area contributed by atoms with Crippen LogP contribution in [0.1, 0.15) is 12.0 Å². The third-order valence-electron chi connectivity index (χ3n) is 3.38. The Labute approximate surface area is 127 Å². The lowest BCUT2D eigenvalue weighted by Gasteiger charge is -2.26. The van der Waals surface area contributed by atoms with E-state index in [2.05, 4.69) is 4.90 Å². The lowest BCUT2D eigenvalue weighted by atomic mass is 10.1. The first-order valence-electron chi connectivity index (χ1n) is 7.26. The van der Waals surface area contributed by atoms with Gasteiger partial charge in [0.2, 0.25) is 5.91 Å². The van der Waals surface area contributed by atoms with Gasteiger partial charge in [-0.3, -0.25) is 4.79 Å². The van der Waals surface area contributed by atoms with Crippen molar-refractivity contribution in [3.63, 3.8) is 0 Å². The van der Waals surface area contributed by atoms with Crippen molar-refractivity contribution in [3.8, 4) is 0 Å². The van der Waals surface area contributed by atoms with E-state index in [0.717, 1.165) is 12.1 Å². The maximum absolute atomic E-state index is 12.5. The Morgan fingerprint density at radius 3 is 2.43 bits per heavy atom. The van der Waals surface area contributed by atoms with E-state index in [1.807, 2.05) is 49.3 Å². The Balaban J connectivity index is 2.69. The van der Waals surface area contributed by atoms with Crippen LogP contribution in [0.3, 0.4) is 0 Å². The quantitative estimate of drug-likeness (QED) is 0.736. The summed E-state index contributed by atoms with van der Waals surface area (Å²) in [7, 11) is 5.60. The van der Waals surface area contributed by atoms with Gasteiger partial charge in [0, 0.05) is 33.3 Å². The zero-order chi connectivity index (χ0) is 15.7. The van der Waals surface area contributed by atoms with E-state index in [-0.39, 0.29) is 12.0 Å². The van der Waals surface area contributed by atoms with Crippen LogP contribution in [0.15, 0.2) is 30.3 Å². The SMILES string of the molecule is COC(CN)CC(=O)N(CCN(C)C)Cc1ccccc1. The molecule has 0 saturated heterocycles. The monoisotopic (exact) mass is 293 g/mol. The summed E-state index contributed by atoms with van der Waals surface area (Å²) in [5, 5.41) is 0. The summed E-state index contributed by atoms with van der Waals surface area (Å²) in [6.07, 6.45) is 0.114. The van der Waals surface area contributed by atoms with E-state index >= 15 is 0 Å². The van der Waals surface area contributed by atoms with Crippen LogP contribution in [0, 0.1) is 0 Å². The molecule has 0 aliphatic heterocycles. The van der Waals surface area contributed by atoms with Crippen LogP contribution >= 0.6 is 0 Å². The highest BCUT2D eigenvalue weighted by molar-refractivity contribution is 5.76. The van der Waals surface area contributed by atoms with Gasteiger partial charge in [-0.05, 0) is 19.7 Å². The van der Waals surface area contributed by atoms with Crippen molar-refractivity contribution in [2.45, 2.75) is 19.1 Å². The van der Waals surface area contributed by atoms with Crippen molar-refractivity contribution in [1.82, 2.24) is 9.80 Å². The summed E-state index contributed by atoms with van der Waals surface area (Å²) in [6, 6.07) is 10.0. The molecule has 0 bridgehead atoms. The minimum Gasteiger partial charge on any atom is -0.380 e. The van der Waals surface area contributed by atoms with Crippen molar-refractivity contribution in [2.24, 2.45) is 5.73 Å². The van der Waals surface area contributed by atoms with E-state index < -0.39 is 0 Å². The molecule has 1 aromatic rings. The van der Waals surface area contributed by atoms with E-state index in [4.69, 9.17) is 10.5 Å². The van der Waals surface area contributed by atoms with Gasteiger partial charge < -0.3 is 20.3 Å². The van der Waals surface area contributed by atoms with Crippen LogP contribution in [0.25, 0.3) is 0 Å². The number of likely N-dealkylation sites (N-methyl/N-ethyl adjacent to an activating group) is 1. The fourth-order valence-corrected chi connectivity index (χ4v) is 2.00. The molecular weight excluding hydrogens is 266 g/mol. The average molecular weight is 293 g/mol. The Bertz CT molecular complexity index is 405. The number of hydrogen-bond donors (Lipinski definition) is 1. The molecule has 5 nitrogen and oxygen atoms in total. The maximum Gasteiger partial charge on any atom is 0.225 e. The van der Waals surface area contributed by atoms with Gasteiger partial charge in [-0.1, -0.05) is 30.3 Å². The minimum absolute atomic E-state index is 0.0815. The van der Waals surface area contributed by atoms with Crippen LogP contribution in [0.2, 0.25) is 0 Å². The predicted octanol–water partition coefficient (Wildman–Crippen LogP) is 0.941. The van der Waals surface area contributed by atoms with Crippen LogP contribution in [-0.2, 0) is 16.1 Å². The van der Waals surface area contributed by atoms with Crippen molar-refractivity contribution in [3.05, 3.63) is 35.9 Å². The number of nitrogens with zero attached hydrogens (tertiary/aromatic N) is 2. The van der Waals surface area contributed by atoms with Crippen LogP contribution < -0.4 is 5.73 Å². The third kappa shape index (κ3) is 6.71. The maximum atomic E-state index is 12.5. The molecule has 1 rings (SSSR count). The second kappa shape index (κ2) is 9.50. The molecule has 0 saturated carbocycles. The number of amides is 1. The molecule has 1 amide bonds. The van der Waals surface area contributed by atoms with Gasteiger partial charge in [0.05, 0.1) is 12.5 Å². The minimum atomic E-state index is -0.213. The molecule has 0 aromatic heterocycles. The lowest BCUT2D eigenvalue weighted by molar-refractivity contribution is -0.134. The molecule has 118 valence electrons. The van der Waals surface area contributed by atoms with E-state index in [1.54, 1.807) is 7.11 Å². The Kier molecular flexibility index (Phi) is 7.97. The molecule has 1 aromatic carbocycles. The predicted molar refractivity (Wildman–Crippen MR) is 84.9 cm³/mol. The fourth-order valence-electron chi connectivity index (χ4n) is 2.00. The summed E-state index contributed by atoms with van der Waals surface area (Å²) in [5.41, 5.74) is 6.73. The third-order valence-corrected chi connectivity index (χ3v) is 3.38. The average Bonchev–Trinajstić information content (AvgIpc) is 2.49. The molecule has 0 spiro atoms. The van der Waals surface area contributed by atoms with Crippen LogP contribution in [0.5, 0.6) is 0 Å². The Hall–Kier alpha value is -1.43. The number of ether oxygens (including phenoxy) is 1. The number of benzene rings is 1. The lowest BCUT2D eigenvalue weighted by Crippen LogP contribution is -2.39. The molecule has 0 heterocycles. The topological polar surface area (TPSA) is 58.8 Å². The molecule has 5 heteroatoms. The van der Waals surface area contributed by atoms with E-state index in [0.29, 0.717) is 26.1 Å². The van der Waals surface area contributed by atoms with E-state index in [9.17, 15) is 4.79 Å². The first-order valence-corrected chi connectivity index (χ1v) is 7.26. The molecule has 0 radical (unpaired) electrons. The Morgan fingerprint density at radius 1 is 1.24 bits per heavy atom. The molecule has 0 aliphatic rings.